The minimum atomic E-state index is -2.89. The van der Waals surface area contributed by atoms with Gasteiger partial charge in [-0.1, -0.05) is 12.1 Å². The van der Waals surface area contributed by atoms with Crippen LogP contribution >= 0.6 is 0 Å². The number of hydrogen-bond acceptors (Lipinski definition) is 4. The van der Waals surface area contributed by atoms with Crippen LogP contribution in [0.5, 0.6) is 5.75 Å². The van der Waals surface area contributed by atoms with E-state index in [-0.39, 0.29) is 34.9 Å². The Balaban J connectivity index is 1.73. The van der Waals surface area contributed by atoms with Crippen molar-refractivity contribution in [2.24, 2.45) is 0 Å². The molecule has 0 radical (unpaired) electrons. The molecule has 1 heterocycles. The van der Waals surface area contributed by atoms with Gasteiger partial charge in [-0.25, -0.2) is 0 Å². The molecule has 0 atom stereocenters. The standard InChI is InChI=1S/C19H16F2N2O4/c1-22(10-11-3-6-13(7-4-11)27-19(20)21)16(24)12-5-8-14-15(9-12)18(26)23(2)17(14)25/h3-9,19H,10H2,1-2H3. The van der Waals surface area contributed by atoms with E-state index in [0.29, 0.717) is 0 Å². The second-order valence-corrected chi connectivity index (χ2v) is 6.11. The molecule has 0 saturated heterocycles. The third-order valence-electron chi connectivity index (χ3n) is 4.25. The van der Waals surface area contributed by atoms with E-state index >= 15 is 0 Å². The normalized spacial score (nSPS) is 13.1. The average molecular weight is 374 g/mol. The van der Waals surface area contributed by atoms with Crippen molar-refractivity contribution in [1.29, 1.82) is 0 Å². The van der Waals surface area contributed by atoms with Crippen molar-refractivity contribution >= 4 is 17.7 Å². The summed E-state index contributed by atoms with van der Waals surface area (Å²) in [5.41, 5.74) is 1.48. The molecule has 0 unspecified atom stereocenters. The first kappa shape index (κ1) is 18.5. The first-order valence-corrected chi connectivity index (χ1v) is 8.03. The van der Waals surface area contributed by atoms with Gasteiger partial charge < -0.3 is 9.64 Å². The lowest BCUT2D eigenvalue weighted by atomic mass is 10.0. The highest BCUT2D eigenvalue weighted by atomic mass is 19.3. The topological polar surface area (TPSA) is 66.9 Å². The Kier molecular flexibility index (Phi) is 4.89. The molecule has 140 valence electrons. The number of ether oxygens (including phenoxy) is 1. The predicted octanol–water partition coefficient (Wildman–Crippen LogP) is 2.79. The van der Waals surface area contributed by atoms with Gasteiger partial charge in [0.05, 0.1) is 11.1 Å². The largest absolute Gasteiger partial charge is 0.435 e. The Labute approximate surface area is 153 Å². The third kappa shape index (κ3) is 3.64. The van der Waals surface area contributed by atoms with Crippen molar-refractivity contribution in [3.8, 4) is 5.75 Å². The molecule has 0 bridgehead atoms. The lowest BCUT2D eigenvalue weighted by Crippen LogP contribution is -2.26. The molecule has 8 heteroatoms. The Morgan fingerprint density at radius 1 is 1.07 bits per heavy atom. The molecule has 6 nitrogen and oxygen atoms in total. The second-order valence-electron chi connectivity index (χ2n) is 6.11. The maximum atomic E-state index is 12.6. The van der Waals surface area contributed by atoms with Crippen molar-refractivity contribution in [3.05, 3.63) is 64.7 Å². The van der Waals surface area contributed by atoms with E-state index in [1.165, 1.54) is 42.3 Å². The summed E-state index contributed by atoms with van der Waals surface area (Å²) in [7, 11) is 2.97. The quantitative estimate of drug-likeness (QED) is 0.755. The third-order valence-corrected chi connectivity index (χ3v) is 4.25. The van der Waals surface area contributed by atoms with Crippen molar-refractivity contribution in [2.75, 3.05) is 14.1 Å². The van der Waals surface area contributed by atoms with E-state index < -0.39 is 18.4 Å². The van der Waals surface area contributed by atoms with Gasteiger partial charge >= 0.3 is 6.61 Å². The number of carbonyl (C=O) groups is 3. The van der Waals surface area contributed by atoms with E-state index in [1.807, 2.05) is 0 Å². The van der Waals surface area contributed by atoms with Gasteiger partial charge in [0.25, 0.3) is 17.7 Å². The van der Waals surface area contributed by atoms with Crippen LogP contribution in [0.4, 0.5) is 8.78 Å². The van der Waals surface area contributed by atoms with Gasteiger partial charge in [-0.05, 0) is 35.9 Å². The highest BCUT2D eigenvalue weighted by molar-refractivity contribution is 6.21. The van der Waals surface area contributed by atoms with E-state index in [4.69, 9.17) is 0 Å². The number of amides is 3. The van der Waals surface area contributed by atoms with Crippen molar-refractivity contribution in [2.45, 2.75) is 13.2 Å². The fourth-order valence-electron chi connectivity index (χ4n) is 2.84. The zero-order chi connectivity index (χ0) is 19.7. The summed E-state index contributed by atoms with van der Waals surface area (Å²) in [4.78, 5) is 39.0. The first-order valence-electron chi connectivity index (χ1n) is 8.03. The van der Waals surface area contributed by atoms with Crippen LogP contribution in [0.1, 0.15) is 36.6 Å². The van der Waals surface area contributed by atoms with Crippen LogP contribution in [-0.2, 0) is 6.54 Å². The molecule has 0 fully saturated rings. The zero-order valence-corrected chi connectivity index (χ0v) is 14.6. The van der Waals surface area contributed by atoms with Crippen molar-refractivity contribution in [3.63, 3.8) is 0 Å². The number of rotatable bonds is 5. The Morgan fingerprint density at radius 3 is 2.33 bits per heavy atom. The predicted molar refractivity (Wildman–Crippen MR) is 91.7 cm³/mol. The van der Waals surface area contributed by atoms with Crippen LogP contribution in [0.25, 0.3) is 0 Å². The maximum Gasteiger partial charge on any atom is 0.387 e. The average Bonchev–Trinajstić information content (AvgIpc) is 2.86. The SMILES string of the molecule is CN(Cc1ccc(OC(F)F)cc1)C(=O)c1ccc2c(c1)C(=O)N(C)C2=O. The van der Waals surface area contributed by atoms with Crippen LogP contribution in [0, 0.1) is 0 Å². The van der Waals surface area contributed by atoms with Crippen LogP contribution in [0.2, 0.25) is 0 Å². The first-order chi connectivity index (χ1) is 12.8. The van der Waals surface area contributed by atoms with E-state index in [0.717, 1.165) is 10.5 Å². The summed E-state index contributed by atoms with van der Waals surface area (Å²) in [6.45, 7) is -2.66. The lowest BCUT2D eigenvalue weighted by molar-refractivity contribution is -0.0498. The lowest BCUT2D eigenvalue weighted by Gasteiger charge is -2.18. The van der Waals surface area contributed by atoms with Crippen LogP contribution in [-0.4, -0.2) is 48.2 Å². The second kappa shape index (κ2) is 7.14. The monoisotopic (exact) mass is 374 g/mol. The molecular weight excluding hydrogens is 358 g/mol. The Hall–Kier alpha value is -3.29. The number of benzene rings is 2. The van der Waals surface area contributed by atoms with Gasteiger partial charge in [0.1, 0.15) is 5.75 Å². The molecule has 27 heavy (non-hydrogen) atoms. The van der Waals surface area contributed by atoms with Gasteiger partial charge in [0, 0.05) is 26.2 Å². The Morgan fingerprint density at radius 2 is 1.70 bits per heavy atom. The molecule has 0 aromatic heterocycles. The highest BCUT2D eigenvalue weighted by Gasteiger charge is 2.33. The highest BCUT2D eigenvalue weighted by Crippen LogP contribution is 2.23. The molecule has 2 aromatic carbocycles. The zero-order valence-electron chi connectivity index (χ0n) is 14.6. The maximum absolute atomic E-state index is 12.6. The molecule has 3 rings (SSSR count). The molecule has 1 aliphatic rings. The van der Waals surface area contributed by atoms with Crippen LogP contribution in [0.15, 0.2) is 42.5 Å². The van der Waals surface area contributed by atoms with E-state index in [1.54, 1.807) is 19.2 Å². The molecule has 0 N–H and O–H groups in total. The summed E-state index contributed by atoms with van der Waals surface area (Å²) < 4.78 is 28.6. The molecule has 3 amide bonds. The number of halogens is 2. The van der Waals surface area contributed by atoms with Crippen molar-refractivity contribution in [1.82, 2.24) is 9.80 Å². The molecular formula is C19H16F2N2O4. The summed E-state index contributed by atoms with van der Waals surface area (Å²) in [5.74, 6) is -1.13. The summed E-state index contributed by atoms with van der Waals surface area (Å²) in [5, 5.41) is 0. The summed E-state index contributed by atoms with van der Waals surface area (Å²) in [6.07, 6.45) is 0. The van der Waals surface area contributed by atoms with Gasteiger partial charge in [0.2, 0.25) is 0 Å². The molecule has 0 aliphatic carbocycles. The number of carbonyl (C=O) groups excluding carboxylic acids is 3. The smallest absolute Gasteiger partial charge is 0.387 e. The van der Waals surface area contributed by atoms with Gasteiger partial charge in [-0.15, -0.1) is 0 Å². The summed E-state index contributed by atoms with van der Waals surface area (Å²) in [6, 6.07) is 10.4. The minimum Gasteiger partial charge on any atom is -0.435 e. The van der Waals surface area contributed by atoms with Crippen LogP contribution in [0.3, 0.4) is 0 Å². The number of hydrogen-bond donors (Lipinski definition) is 0. The number of fused-ring (bicyclic) bond motifs is 1. The van der Waals surface area contributed by atoms with Crippen LogP contribution < -0.4 is 4.74 Å². The minimum absolute atomic E-state index is 0.0358. The number of imide groups is 1. The van der Waals surface area contributed by atoms with Gasteiger partial charge in [-0.2, -0.15) is 8.78 Å². The van der Waals surface area contributed by atoms with Gasteiger partial charge in [0.15, 0.2) is 0 Å². The molecule has 1 aliphatic heterocycles. The molecule has 2 aromatic rings. The van der Waals surface area contributed by atoms with E-state index in [9.17, 15) is 23.2 Å². The number of nitrogens with zero attached hydrogens (tertiary/aromatic N) is 2. The molecule has 0 saturated carbocycles. The number of alkyl halides is 2. The fraction of sp³-hybridized carbons (Fsp3) is 0.211. The van der Waals surface area contributed by atoms with E-state index in [2.05, 4.69) is 4.74 Å². The molecule has 0 spiro atoms. The van der Waals surface area contributed by atoms with Gasteiger partial charge in [-0.3, -0.25) is 19.3 Å². The van der Waals surface area contributed by atoms with Crippen molar-refractivity contribution < 1.29 is 27.9 Å². The fourth-order valence-corrected chi connectivity index (χ4v) is 2.84. The summed E-state index contributed by atoms with van der Waals surface area (Å²) >= 11 is 0. The Bertz CT molecular complexity index is 912.